The second-order valence-electron chi connectivity index (χ2n) is 6.22. The fraction of sp³-hybridized carbons (Fsp3) is 0.923. The lowest BCUT2D eigenvalue weighted by atomic mass is 9.92. The number of rotatable bonds is 4. The molecular weight excluding hydrogens is 200 g/mol. The van der Waals surface area contributed by atoms with E-state index in [0.29, 0.717) is 12.3 Å². The Labute approximate surface area is 99.2 Å². The Kier molecular flexibility index (Phi) is 4.78. The van der Waals surface area contributed by atoms with Crippen molar-refractivity contribution in [1.82, 2.24) is 5.32 Å². The Hall–Kier alpha value is -0.570. The molecular formula is C13H26N2O. The molecule has 3 heteroatoms. The average molecular weight is 226 g/mol. The first kappa shape index (κ1) is 13.5. The zero-order chi connectivity index (χ0) is 12.2. The van der Waals surface area contributed by atoms with Crippen LogP contribution in [0.1, 0.15) is 52.9 Å². The minimum absolute atomic E-state index is 0.173. The van der Waals surface area contributed by atoms with E-state index < -0.39 is 0 Å². The van der Waals surface area contributed by atoms with Crippen molar-refractivity contribution in [2.45, 2.75) is 58.9 Å². The van der Waals surface area contributed by atoms with Crippen LogP contribution in [0.2, 0.25) is 0 Å². The maximum atomic E-state index is 11.7. The van der Waals surface area contributed by atoms with Crippen LogP contribution in [-0.2, 0) is 4.79 Å². The van der Waals surface area contributed by atoms with Gasteiger partial charge < -0.3 is 11.1 Å². The molecule has 1 aliphatic carbocycles. The Bertz CT molecular complexity index is 233. The van der Waals surface area contributed by atoms with Gasteiger partial charge in [-0.1, -0.05) is 27.2 Å². The zero-order valence-electron chi connectivity index (χ0n) is 10.9. The van der Waals surface area contributed by atoms with Crippen molar-refractivity contribution in [3.8, 4) is 0 Å². The zero-order valence-corrected chi connectivity index (χ0v) is 10.9. The van der Waals surface area contributed by atoms with E-state index >= 15 is 0 Å². The van der Waals surface area contributed by atoms with Gasteiger partial charge in [-0.15, -0.1) is 0 Å². The summed E-state index contributed by atoms with van der Waals surface area (Å²) in [7, 11) is 0. The highest BCUT2D eigenvalue weighted by molar-refractivity contribution is 5.76. The highest BCUT2D eigenvalue weighted by Gasteiger charge is 2.25. The SMILES string of the molecule is CC(C)(C)CCNC(=O)C[C@@H]1CCC[C@H]1N. The third-order valence-electron chi connectivity index (χ3n) is 3.36. The average Bonchev–Trinajstić information content (AvgIpc) is 2.49. The first-order valence-electron chi connectivity index (χ1n) is 6.41. The van der Waals surface area contributed by atoms with E-state index in [-0.39, 0.29) is 17.4 Å². The quantitative estimate of drug-likeness (QED) is 0.771. The van der Waals surface area contributed by atoms with E-state index in [9.17, 15) is 4.79 Å². The molecule has 2 atom stereocenters. The molecule has 0 heterocycles. The minimum atomic E-state index is 0.173. The third-order valence-corrected chi connectivity index (χ3v) is 3.36. The lowest BCUT2D eigenvalue weighted by molar-refractivity contribution is -0.122. The Balaban J connectivity index is 2.16. The molecule has 1 rings (SSSR count). The molecule has 16 heavy (non-hydrogen) atoms. The van der Waals surface area contributed by atoms with E-state index in [1.807, 2.05) is 0 Å². The van der Waals surface area contributed by atoms with Crippen LogP contribution in [0.5, 0.6) is 0 Å². The number of amides is 1. The van der Waals surface area contributed by atoms with Gasteiger partial charge in [-0.3, -0.25) is 4.79 Å². The summed E-state index contributed by atoms with van der Waals surface area (Å²) >= 11 is 0. The summed E-state index contributed by atoms with van der Waals surface area (Å²) in [5.41, 5.74) is 6.23. The van der Waals surface area contributed by atoms with Crippen LogP contribution < -0.4 is 11.1 Å². The molecule has 3 N–H and O–H groups in total. The van der Waals surface area contributed by atoms with Crippen molar-refractivity contribution in [3.05, 3.63) is 0 Å². The van der Waals surface area contributed by atoms with E-state index in [1.165, 1.54) is 6.42 Å². The molecule has 0 aromatic heterocycles. The normalized spacial score (nSPS) is 25.8. The molecule has 0 unspecified atom stereocenters. The molecule has 1 amide bonds. The summed E-state index contributed by atoms with van der Waals surface area (Å²) < 4.78 is 0. The number of hydrogen-bond donors (Lipinski definition) is 2. The first-order valence-corrected chi connectivity index (χ1v) is 6.41. The molecule has 1 aliphatic rings. The van der Waals surface area contributed by atoms with Gasteiger partial charge in [0.1, 0.15) is 0 Å². The summed E-state index contributed by atoms with van der Waals surface area (Å²) in [5, 5.41) is 2.99. The summed E-state index contributed by atoms with van der Waals surface area (Å²) in [6.45, 7) is 7.34. The Morgan fingerprint density at radius 3 is 2.56 bits per heavy atom. The van der Waals surface area contributed by atoms with Crippen LogP contribution in [-0.4, -0.2) is 18.5 Å². The molecule has 1 fully saturated rings. The van der Waals surface area contributed by atoms with E-state index in [4.69, 9.17) is 5.73 Å². The molecule has 0 bridgehead atoms. The maximum Gasteiger partial charge on any atom is 0.220 e. The van der Waals surface area contributed by atoms with Crippen molar-refractivity contribution in [1.29, 1.82) is 0 Å². The Morgan fingerprint density at radius 2 is 2.06 bits per heavy atom. The van der Waals surface area contributed by atoms with E-state index in [2.05, 4.69) is 26.1 Å². The van der Waals surface area contributed by atoms with Gasteiger partial charge in [0.05, 0.1) is 0 Å². The molecule has 0 spiro atoms. The predicted octanol–water partition coefficient (Wildman–Crippen LogP) is 2.06. The topological polar surface area (TPSA) is 55.1 Å². The maximum absolute atomic E-state index is 11.7. The van der Waals surface area contributed by atoms with Gasteiger partial charge >= 0.3 is 0 Å². The van der Waals surface area contributed by atoms with Crippen LogP contribution in [0.25, 0.3) is 0 Å². The molecule has 0 aliphatic heterocycles. The van der Waals surface area contributed by atoms with Crippen molar-refractivity contribution in [2.24, 2.45) is 17.1 Å². The fourth-order valence-corrected chi connectivity index (χ4v) is 2.21. The summed E-state index contributed by atoms with van der Waals surface area (Å²) in [6, 6.07) is 0.244. The molecule has 0 aromatic carbocycles. The van der Waals surface area contributed by atoms with Crippen molar-refractivity contribution in [3.63, 3.8) is 0 Å². The Morgan fingerprint density at radius 1 is 1.38 bits per heavy atom. The highest BCUT2D eigenvalue weighted by atomic mass is 16.1. The monoisotopic (exact) mass is 226 g/mol. The molecule has 1 saturated carbocycles. The summed E-state index contributed by atoms with van der Waals surface area (Å²) in [6.07, 6.45) is 5.02. The van der Waals surface area contributed by atoms with Gasteiger partial charge in [0.2, 0.25) is 5.91 Å². The lowest BCUT2D eigenvalue weighted by Crippen LogP contribution is -2.32. The number of nitrogens with two attached hydrogens (primary N) is 1. The van der Waals surface area contributed by atoms with Crippen LogP contribution >= 0.6 is 0 Å². The molecule has 3 nitrogen and oxygen atoms in total. The van der Waals surface area contributed by atoms with Crippen molar-refractivity contribution < 1.29 is 4.79 Å². The molecule has 0 radical (unpaired) electrons. The number of nitrogens with one attached hydrogen (secondary N) is 1. The molecule has 94 valence electrons. The van der Waals surface area contributed by atoms with E-state index in [0.717, 1.165) is 25.8 Å². The van der Waals surface area contributed by atoms with Gasteiger partial charge in [-0.25, -0.2) is 0 Å². The predicted molar refractivity (Wildman–Crippen MR) is 67.0 cm³/mol. The largest absolute Gasteiger partial charge is 0.356 e. The minimum Gasteiger partial charge on any atom is -0.356 e. The summed E-state index contributed by atoms with van der Waals surface area (Å²) in [4.78, 5) is 11.7. The second-order valence-corrected chi connectivity index (χ2v) is 6.22. The van der Waals surface area contributed by atoms with Gasteiger partial charge in [-0.05, 0) is 30.6 Å². The van der Waals surface area contributed by atoms with Crippen LogP contribution in [0, 0.1) is 11.3 Å². The summed E-state index contributed by atoms with van der Waals surface area (Å²) in [5.74, 6) is 0.584. The third kappa shape index (κ3) is 4.97. The lowest BCUT2D eigenvalue weighted by Gasteiger charge is -2.19. The number of carbonyl (C=O) groups excluding carboxylic acids is 1. The smallest absolute Gasteiger partial charge is 0.220 e. The second kappa shape index (κ2) is 5.67. The van der Waals surface area contributed by atoms with E-state index in [1.54, 1.807) is 0 Å². The van der Waals surface area contributed by atoms with Gasteiger partial charge in [0.15, 0.2) is 0 Å². The number of carbonyl (C=O) groups is 1. The van der Waals surface area contributed by atoms with Gasteiger partial charge in [0.25, 0.3) is 0 Å². The van der Waals surface area contributed by atoms with Crippen LogP contribution in [0.15, 0.2) is 0 Å². The van der Waals surface area contributed by atoms with Crippen molar-refractivity contribution in [2.75, 3.05) is 6.54 Å². The molecule has 0 saturated heterocycles. The van der Waals surface area contributed by atoms with Crippen LogP contribution in [0.3, 0.4) is 0 Å². The van der Waals surface area contributed by atoms with Gasteiger partial charge in [-0.2, -0.15) is 0 Å². The molecule has 0 aromatic rings. The fourth-order valence-electron chi connectivity index (χ4n) is 2.21. The van der Waals surface area contributed by atoms with Crippen molar-refractivity contribution >= 4 is 5.91 Å². The highest BCUT2D eigenvalue weighted by Crippen LogP contribution is 2.26. The van der Waals surface area contributed by atoms with Gasteiger partial charge in [0, 0.05) is 19.0 Å². The van der Waals surface area contributed by atoms with Crippen LogP contribution in [0.4, 0.5) is 0 Å². The first-order chi connectivity index (χ1) is 7.38. The number of hydrogen-bond acceptors (Lipinski definition) is 2. The standard InChI is InChI=1S/C13H26N2O/c1-13(2,3)7-8-15-12(16)9-10-5-4-6-11(10)14/h10-11H,4-9,14H2,1-3H3,(H,15,16)/t10-,11+/m0/s1.